The first-order valence-electron chi connectivity index (χ1n) is 11.2. The molecule has 1 aliphatic heterocycles. The number of halogens is 1. The Morgan fingerprint density at radius 3 is 2.34 bits per heavy atom. The highest BCUT2D eigenvalue weighted by atomic mass is 35.5. The molecule has 0 spiro atoms. The van der Waals surface area contributed by atoms with Crippen molar-refractivity contribution in [2.45, 2.75) is 12.5 Å². The van der Waals surface area contributed by atoms with Crippen LogP contribution in [0.3, 0.4) is 0 Å². The normalized spacial score (nSPS) is 15.3. The van der Waals surface area contributed by atoms with Gasteiger partial charge in [0.2, 0.25) is 0 Å². The third-order valence-corrected chi connectivity index (χ3v) is 6.19. The number of aromatic nitrogens is 5. The molecule has 6 rings (SSSR count). The minimum absolute atomic E-state index is 0.103. The molecule has 0 amide bonds. The average Bonchev–Trinajstić information content (AvgIpc) is 3.56. The molecule has 0 saturated carbocycles. The van der Waals surface area contributed by atoms with Gasteiger partial charge in [0, 0.05) is 53.6 Å². The zero-order chi connectivity index (χ0) is 23.6. The number of hydrogen-bond donors (Lipinski definition) is 0. The first-order chi connectivity index (χ1) is 17.3. The lowest BCUT2D eigenvalue weighted by Crippen LogP contribution is -2.18. The smallest absolute Gasteiger partial charge is 0.105 e. The minimum Gasteiger partial charge on any atom is -0.265 e. The van der Waals surface area contributed by atoms with Gasteiger partial charge in [-0.05, 0) is 48.5 Å². The largest absolute Gasteiger partial charge is 0.265 e. The van der Waals surface area contributed by atoms with Crippen LogP contribution in [0.1, 0.15) is 23.7 Å². The van der Waals surface area contributed by atoms with E-state index in [2.05, 4.69) is 21.1 Å². The quantitative estimate of drug-likeness (QED) is 0.323. The van der Waals surface area contributed by atoms with Crippen LogP contribution in [0.15, 0.2) is 109 Å². The number of hydrogen-bond acceptors (Lipinski definition) is 6. The third kappa shape index (κ3) is 4.18. The maximum Gasteiger partial charge on any atom is 0.105 e. The highest BCUT2D eigenvalue weighted by Crippen LogP contribution is 2.40. The summed E-state index contributed by atoms with van der Waals surface area (Å²) in [4.78, 5) is 12.9. The summed E-state index contributed by atoms with van der Waals surface area (Å²) in [6.07, 6.45) is 11.4. The van der Waals surface area contributed by atoms with Crippen LogP contribution in [0.4, 0.5) is 5.69 Å². The van der Waals surface area contributed by atoms with Crippen LogP contribution in [0.2, 0.25) is 5.02 Å². The molecule has 0 fully saturated rings. The maximum atomic E-state index is 6.18. The van der Waals surface area contributed by atoms with Crippen molar-refractivity contribution in [3.05, 3.63) is 120 Å². The predicted octanol–water partition coefficient (Wildman–Crippen LogP) is 5.73. The van der Waals surface area contributed by atoms with E-state index in [1.54, 1.807) is 31.0 Å². The fourth-order valence-electron chi connectivity index (χ4n) is 4.27. The number of rotatable bonds is 5. The van der Waals surface area contributed by atoms with Gasteiger partial charge in [0.25, 0.3) is 0 Å². The fourth-order valence-corrected chi connectivity index (χ4v) is 4.39. The minimum atomic E-state index is -0.103. The Balaban J connectivity index is 1.50. The molecule has 35 heavy (non-hydrogen) atoms. The van der Waals surface area contributed by atoms with Gasteiger partial charge in [0.1, 0.15) is 5.69 Å². The molecule has 0 aliphatic carbocycles. The Labute approximate surface area is 207 Å². The summed E-state index contributed by atoms with van der Waals surface area (Å²) in [5.41, 5.74) is 6.48. The van der Waals surface area contributed by atoms with Crippen LogP contribution < -0.4 is 5.01 Å². The second-order valence-corrected chi connectivity index (χ2v) is 8.56. The first kappa shape index (κ1) is 21.2. The number of hydrazone groups is 1. The molecule has 2 aromatic carbocycles. The van der Waals surface area contributed by atoms with Crippen LogP contribution in [0.5, 0.6) is 0 Å². The molecule has 0 N–H and O–H groups in total. The molecule has 1 atom stereocenters. The lowest BCUT2D eigenvalue weighted by atomic mass is 9.98. The standard InChI is InChI=1S/C27H20ClN7/c28-20-6-8-22(9-7-20)35-26(16-24(32-35)25-17-30-14-15-31-25)23-18-34(21-4-2-1-3-5-21)33-27(23)19-10-12-29-13-11-19/h1-15,17-18,26H,16H2. The van der Waals surface area contributed by atoms with Crippen molar-refractivity contribution >= 4 is 23.0 Å². The number of benzene rings is 2. The maximum absolute atomic E-state index is 6.18. The summed E-state index contributed by atoms with van der Waals surface area (Å²) < 4.78 is 1.92. The van der Waals surface area contributed by atoms with Crippen molar-refractivity contribution in [2.75, 3.05) is 5.01 Å². The van der Waals surface area contributed by atoms with E-state index in [0.29, 0.717) is 11.4 Å². The number of anilines is 1. The Kier molecular flexibility index (Phi) is 5.52. The van der Waals surface area contributed by atoms with E-state index < -0.39 is 0 Å². The molecule has 0 radical (unpaired) electrons. The summed E-state index contributed by atoms with van der Waals surface area (Å²) in [5.74, 6) is 0. The van der Waals surface area contributed by atoms with Crippen molar-refractivity contribution in [3.63, 3.8) is 0 Å². The molecule has 0 saturated heterocycles. The highest BCUT2D eigenvalue weighted by Gasteiger charge is 2.34. The Hall–Kier alpha value is -4.36. The molecule has 5 aromatic rings. The van der Waals surface area contributed by atoms with E-state index in [1.165, 1.54) is 0 Å². The van der Waals surface area contributed by atoms with Crippen LogP contribution in [-0.2, 0) is 0 Å². The summed E-state index contributed by atoms with van der Waals surface area (Å²) >= 11 is 6.18. The SMILES string of the molecule is Clc1ccc(N2N=C(c3cnccn3)CC2c2cn(-c3ccccc3)nc2-c2ccncc2)cc1. The van der Waals surface area contributed by atoms with Gasteiger partial charge in [-0.1, -0.05) is 29.8 Å². The van der Waals surface area contributed by atoms with E-state index in [0.717, 1.165) is 39.6 Å². The van der Waals surface area contributed by atoms with Crippen molar-refractivity contribution in [3.8, 4) is 16.9 Å². The van der Waals surface area contributed by atoms with Crippen LogP contribution in [0.25, 0.3) is 16.9 Å². The number of pyridine rings is 1. The van der Waals surface area contributed by atoms with Gasteiger partial charge >= 0.3 is 0 Å². The van der Waals surface area contributed by atoms with Gasteiger partial charge in [0.05, 0.1) is 35.0 Å². The zero-order valence-corrected chi connectivity index (χ0v) is 19.4. The van der Waals surface area contributed by atoms with Gasteiger partial charge in [-0.3, -0.25) is 20.0 Å². The molecule has 3 aromatic heterocycles. The second-order valence-electron chi connectivity index (χ2n) is 8.13. The fraction of sp³-hybridized carbons (Fsp3) is 0.0741. The molecular formula is C27H20ClN7. The lowest BCUT2D eigenvalue weighted by Gasteiger charge is -2.23. The van der Waals surface area contributed by atoms with Crippen molar-refractivity contribution < 1.29 is 0 Å². The average molecular weight is 478 g/mol. The first-order valence-corrected chi connectivity index (χ1v) is 11.6. The van der Waals surface area contributed by atoms with Gasteiger partial charge in [0.15, 0.2) is 0 Å². The number of nitrogens with zero attached hydrogens (tertiary/aromatic N) is 7. The van der Waals surface area contributed by atoms with Crippen LogP contribution in [0, 0.1) is 0 Å². The lowest BCUT2D eigenvalue weighted by molar-refractivity contribution is 0.709. The third-order valence-electron chi connectivity index (χ3n) is 5.94. The zero-order valence-electron chi connectivity index (χ0n) is 18.6. The van der Waals surface area contributed by atoms with E-state index in [4.69, 9.17) is 21.8 Å². The summed E-state index contributed by atoms with van der Waals surface area (Å²) in [6, 6.07) is 21.7. The van der Waals surface area contributed by atoms with Crippen LogP contribution in [-0.4, -0.2) is 30.4 Å². The molecular weight excluding hydrogens is 458 g/mol. The van der Waals surface area contributed by atoms with Gasteiger partial charge in [-0.25, -0.2) is 4.68 Å². The van der Waals surface area contributed by atoms with E-state index in [1.807, 2.05) is 76.4 Å². The van der Waals surface area contributed by atoms with Gasteiger partial charge in [-0.15, -0.1) is 0 Å². The van der Waals surface area contributed by atoms with E-state index >= 15 is 0 Å². The van der Waals surface area contributed by atoms with Gasteiger partial charge < -0.3 is 0 Å². The molecule has 1 unspecified atom stereocenters. The molecule has 1 aliphatic rings. The molecule has 7 nitrogen and oxygen atoms in total. The highest BCUT2D eigenvalue weighted by molar-refractivity contribution is 6.30. The molecule has 0 bridgehead atoms. The van der Waals surface area contributed by atoms with E-state index in [9.17, 15) is 0 Å². The number of para-hydroxylation sites is 1. The van der Waals surface area contributed by atoms with E-state index in [-0.39, 0.29) is 6.04 Å². The monoisotopic (exact) mass is 477 g/mol. The second kappa shape index (κ2) is 9.12. The summed E-state index contributed by atoms with van der Waals surface area (Å²) in [6.45, 7) is 0. The Bertz CT molecular complexity index is 1470. The summed E-state index contributed by atoms with van der Waals surface area (Å²) in [5, 5.41) is 12.7. The molecule has 8 heteroatoms. The Morgan fingerprint density at radius 1 is 0.800 bits per heavy atom. The molecule has 170 valence electrons. The topological polar surface area (TPSA) is 72.1 Å². The van der Waals surface area contributed by atoms with Crippen molar-refractivity contribution in [1.29, 1.82) is 0 Å². The van der Waals surface area contributed by atoms with Crippen molar-refractivity contribution in [1.82, 2.24) is 24.7 Å². The Morgan fingerprint density at radius 2 is 1.60 bits per heavy atom. The summed E-state index contributed by atoms with van der Waals surface area (Å²) in [7, 11) is 0. The van der Waals surface area contributed by atoms with Crippen LogP contribution >= 0.6 is 11.6 Å². The molecule has 4 heterocycles. The van der Waals surface area contributed by atoms with Crippen molar-refractivity contribution in [2.24, 2.45) is 5.10 Å². The van der Waals surface area contributed by atoms with Gasteiger partial charge in [-0.2, -0.15) is 10.2 Å². The predicted molar refractivity (Wildman–Crippen MR) is 137 cm³/mol.